The first kappa shape index (κ1) is 11.4. The van der Waals surface area contributed by atoms with E-state index in [-0.39, 0.29) is 5.91 Å². The van der Waals surface area contributed by atoms with E-state index in [1.54, 1.807) is 0 Å². The summed E-state index contributed by atoms with van der Waals surface area (Å²) in [4.78, 5) is 10.4. The highest BCUT2D eigenvalue weighted by molar-refractivity contribution is 5.73. The monoisotopic (exact) mass is 172 g/mol. The maximum absolute atomic E-state index is 10.4. The number of hydrogen-bond donors (Lipinski definition) is 2. The first-order valence-corrected chi connectivity index (χ1v) is 4.55. The molecule has 0 aromatic carbocycles. The van der Waals surface area contributed by atoms with Gasteiger partial charge in [-0.2, -0.15) is 0 Å². The normalized spacial score (nSPS) is 13.3. The molecule has 0 aliphatic rings. The Morgan fingerprint density at radius 2 is 2.00 bits per heavy atom. The fourth-order valence-electron chi connectivity index (χ4n) is 0.828. The molecule has 0 aromatic heterocycles. The SMILES string of the molecule is CC(C)C(C)NCCCC(N)=O. The van der Waals surface area contributed by atoms with E-state index < -0.39 is 0 Å². The molecular formula is C9H20N2O. The molecular weight excluding hydrogens is 152 g/mol. The number of carbonyl (C=O) groups excluding carboxylic acids is 1. The number of rotatable bonds is 6. The van der Waals surface area contributed by atoms with Crippen LogP contribution in [0.2, 0.25) is 0 Å². The molecule has 1 amide bonds. The van der Waals surface area contributed by atoms with Gasteiger partial charge in [0, 0.05) is 12.5 Å². The average molecular weight is 172 g/mol. The van der Waals surface area contributed by atoms with E-state index in [2.05, 4.69) is 26.1 Å². The topological polar surface area (TPSA) is 55.1 Å². The van der Waals surface area contributed by atoms with Gasteiger partial charge in [0.25, 0.3) is 0 Å². The quantitative estimate of drug-likeness (QED) is 0.584. The van der Waals surface area contributed by atoms with Gasteiger partial charge in [-0.05, 0) is 25.8 Å². The van der Waals surface area contributed by atoms with Crippen molar-refractivity contribution in [3.63, 3.8) is 0 Å². The van der Waals surface area contributed by atoms with Crippen LogP contribution in [0.3, 0.4) is 0 Å². The van der Waals surface area contributed by atoms with E-state index in [1.165, 1.54) is 0 Å². The largest absolute Gasteiger partial charge is 0.370 e. The third-order valence-corrected chi connectivity index (χ3v) is 2.07. The molecule has 1 unspecified atom stereocenters. The minimum atomic E-state index is -0.214. The Morgan fingerprint density at radius 3 is 2.42 bits per heavy atom. The Kier molecular flexibility index (Phi) is 5.72. The first-order chi connectivity index (χ1) is 5.54. The predicted molar refractivity (Wildman–Crippen MR) is 50.7 cm³/mol. The van der Waals surface area contributed by atoms with Gasteiger partial charge in [-0.1, -0.05) is 13.8 Å². The maximum atomic E-state index is 10.4. The van der Waals surface area contributed by atoms with Crippen molar-refractivity contribution in [3.05, 3.63) is 0 Å². The smallest absolute Gasteiger partial charge is 0.217 e. The van der Waals surface area contributed by atoms with E-state index in [1.807, 2.05) is 0 Å². The van der Waals surface area contributed by atoms with Crippen LogP contribution in [0.5, 0.6) is 0 Å². The summed E-state index contributed by atoms with van der Waals surface area (Å²) in [7, 11) is 0. The molecule has 3 nitrogen and oxygen atoms in total. The van der Waals surface area contributed by atoms with Crippen LogP contribution in [-0.2, 0) is 4.79 Å². The highest BCUT2D eigenvalue weighted by Gasteiger charge is 2.04. The molecule has 3 heteroatoms. The van der Waals surface area contributed by atoms with Gasteiger partial charge in [0.15, 0.2) is 0 Å². The second-order valence-corrected chi connectivity index (χ2v) is 3.56. The fraction of sp³-hybridized carbons (Fsp3) is 0.889. The summed E-state index contributed by atoms with van der Waals surface area (Å²) >= 11 is 0. The molecule has 0 aromatic rings. The molecule has 0 spiro atoms. The van der Waals surface area contributed by atoms with Crippen LogP contribution in [-0.4, -0.2) is 18.5 Å². The lowest BCUT2D eigenvalue weighted by Gasteiger charge is -2.16. The van der Waals surface area contributed by atoms with Crippen LogP contribution in [0, 0.1) is 5.92 Å². The first-order valence-electron chi connectivity index (χ1n) is 4.55. The van der Waals surface area contributed by atoms with Crippen molar-refractivity contribution in [2.45, 2.75) is 39.7 Å². The number of carbonyl (C=O) groups is 1. The maximum Gasteiger partial charge on any atom is 0.217 e. The Balaban J connectivity index is 3.25. The van der Waals surface area contributed by atoms with E-state index in [4.69, 9.17) is 5.73 Å². The summed E-state index contributed by atoms with van der Waals surface area (Å²) in [6.07, 6.45) is 1.32. The number of nitrogens with one attached hydrogen (secondary N) is 1. The number of nitrogens with two attached hydrogens (primary N) is 1. The van der Waals surface area contributed by atoms with Gasteiger partial charge >= 0.3 is 0 Å². The summed E-state index contributed by atoms with van der Waals surface area (Å²) in [6, 6.07) is 0.512. The van der Waals surface area contributed by atoms with Crippen LogP contribution in [0.15, 0.2) is 0 Å². The molecule has 0 fully saturated rings. The zero-order valence-electron chi connectivity index (χ0n) is 8.26. The van der Waals surface area contributed by atoms with Gasteiger partial charge in [0.1, 0.15) is 0 Å². The molecule has 12 heavy (non-hydrogen) atoms. The van der Waals surface area contributed by atoms with Gasteiger partial charge in [0.2, 0.25) is 5.91 Å². The molecule has 0 radical (unpaired) electrons. The lowest BCUT2D eigenvalue weighted by molar-refractivity contribution is -0.118. The van der Waals surface area contributed by atoms with Gasteiger partial charge in [-0.25, -0.2) is 0 Å². The Bertz CT molecular complexity index is 134. The third-order valence-electron chi connectivity index (χ3n) is 2.07. The summed E-state index contributed by atoms with van der Waals surface area (Å²) in [5, 5.41) is 3.33. The predicted octanol–water partition coefficient (Wildman–Crippen LogP) is 0.886. The highest BCUT2D eigenvalue weighted by atomic mass is 16.1. The van der Waals surface area contributed by atoms with E-state index in [0.717, 1.165) is 13.0 Å². The molecule has 0 saturated carbocycles. The van der Waals surface area contributed by atoms with Gasteiger partial charge in [-0.15, -0.1) is 0 Å². The van der Waals surface area contributed by atoms with Crippen molar-refractivity contribution in [2.24, 2.45) is 11.7 Å². The van der Waals surface area contributed by atoms with Gasteiger partial charge in [-0.3, -0.25) is 4.79 Å². The zero-order valence-corrected chi connectivity index (χ0v) is 8.26. The summed E-state index contributed by atoms with van der Waals surface area (Å²) in [6.45, 7) is 7.37. The fourth-order valence-corrected chi connectivity index (χ4v) is 0.828. The lowest BCUT2D eigenvalue weighted by Crippen LogP contribution is -2.31. The van der Waals surface area contributed by atoms with Crippen molar-refractivity contribution < 1.29 is 4.79 Å². The number of primary amides is 1. The Labute approximate surface area is 74.7 Å². The van der Waals surface area contributed by atoms with Crippen molar-refractivity contribution in [2.75, 3.05) is 6.54 Å². The minimum absolute atomic E-state index is 0.214. The molecule has 0 heterocycles. The van der Waals surface area contributed by atoms with Crippen molar-refractivity contribution in [1.82, 2.24) is 5.32 Å². The molecule has 0 aliphatic carbocycles. The van der Waals surface area contributed by atoms with E-state index >= 15 is 0 Å². The molecule has 1 atom stereocenters. The van der Waals surface area contributed by atoms with Crippen molar-refractivity contribution in [3.8, 4) is 0 Å². The van der Waals surface area contributed by atoms with Crippen LogP contribution in [0.1, 0.15) is 33.6 Å². The molecule has 0 saturated heterocycles. The molecule has 0 bridgehead atoms. The average Bonchev–Trinajstić information content (AvgIpc) is 1.97. The Hall–Kier alpha value is -0.570. The molecule has 3 N–H and O–H groups in total. The second-order valence-electron chi connectivity index (χ2n) is 3.56. The Morgan fingerprint density at radius 1 is 1.42 bits per heavy atom. The third kappa shape index (κ3) is 6.16. The highest BCUT2D eigenvalue weighted by Crippen LogP contribution is 1.99. The summed E-state index contributed by atoms with van der Waals surface area (Å²) in [5.74, 6) is 0.424. The van der Waals surface area contributed by atoms with E-state index in [0.29, 0.717) is 18.4 Å². The zero-order chi connectivity index (χ0) is 9.56. The molecule has 72 valence electrons. The summed E-state index contributed by atoms with van der Waals surface area (Å²) < 4.78 is 0. The summed E-state index contributed by atoms with van der Waals surface area (Å²) in [5.41, 5.74) is 5.00. The molecule has 0 rings (SSSR count). The lowest BCUT2D eigenvalue weighted by atomic mass is 10.1. The van der Waals surface area contributed by atoms with Crippen LogP contribution < -0.4 is 11.1 Å². The van der Waals surface area contributed by atoms with Crippen LogP contribution >= 0.6 is 0 Å². The van der Waals surface area contributed by atoms with Crippen molar-refractivity contribution in [1.29, 1.82) is 0 Å². The molecule has 0 aliphatic heterocycles. The van der Waals surface area contributed by atoms with E-state index in [9.17, 15) is 4.79 Å². The van der Waals surface area contributed by atoms with Gasteiger partial charge in [0.05, 0.1) is 0 Å². The number of hydrogen-bond acceptors (Lipinski definition) is 2. The van der Waals surface area contributed by atoms with Crippen molar-refractivity contribution >= 4 is 5.91 Å². The minimum Gasteiger partial charge on any atom is -0.370 e. The van der Waals surface area contributed by atoms with Gasteiger partial charge < -0.3 is 11.1 Å². The number of amides is 1. The van der Waals surface area contributed by atoms with Crippen LogP contribution in [0.4, 0.5) is 0 Å². The standard InChI is InChI=1S/C9H20N2O/c1-7(2)8(3)11-6-4-5-9(10)12/h7-8,11H,4-6H2,1-3H3,(H2,10,12). The van der Waals surface area contributed by atoms with Crippen LogP contribution in [0.25, 0.3) is 0 Å². The second kappa shape index (κ2) is 6.00.